The Morgan fingerprint density at radius 2 is 1.83 bits per heavy atom. The maximum Gasteiger partial charge on any atom is 0.416 e. The molecule has 102 valence electrons. The van der Waals surface area contributed by atoms with Crippen LogP contribution in [0.5, 0.6) is 0 Å². The highest BCUT2D eigenvalue weighted by Crippen LogP contribution is 2.33. The largest absolute Gasteiger partial charge is 0.416 e. The molecule has 1 nitrogen and oxygen atoms in total. The van der Waals surface area contributed by atoms with Crippen LogP contribution < -0.4 is 5.32 Å². The standard InChI is InChI=1S/C13H17F4N/c1-8(2)6-12(18-3)10-7-9(13(15,16)17)4-5-11(10)14/h4-5,7-8,12,18H,6H2,1-3H3. The van der Waals surface area contributed by atoms with E-state index in [1.54, 1.807) is 7.05 Å². The van der Waals surface area contributed by atoms with E-state index in [9.17, 15) is 17.6 Å². The van der Waals surface area contributed by atoms with Crippen LogP contribution in [0.25, 0.3) is 0 Å². The minimum absolute atomic E-state index is 0.0704. The second-order valence-electron chi connectivity index (χ2n) is 4.70. The first-order valence-corrected chi connectivity index (χ1v) is 5.79. The highest BCUT2D eigenvalue weighted by molar-refractivity contribution is 5.29. The quantitative estimate of drug-likeness (QED) is 0.805. The fourth-order valence-electron chi connectivity index (χ4n) is 1.86. The van der Waals surface area contributed by atoms with Crippen LogP contribution in [-0.4, -0.2) is 7.05 Å². The predicted octanol–water partition coefficient (Wildman–Crippen LogP) is 4.15. The lowest BCUT2D eigenvalue weighted by Crippen LogP contribution is -2.20. The first-order valence-electron chi connectivity index (χ1n) is 5.79. The molecule has 0 aliphatic carbocycles. The molecule has 1 aromatic rings. The van der Waals surface area contributed by atoms with Crippen molar-refractivity contribution in [2.24, 2.45) is 5.92 Å². The summed E-state index contributed by atoms with van der Waals surface area (Å²) >= 11 is 0. The molecule has 0 spiro atoms. The molecule has 1 rings (SSSR count). The van der Waals surface area contributed by atoms with Crippen LogP contribution in [0.15, 0.2) is 18.2 Å². The Morgan fingerprint density at radius 3 is 2.28 bits per heavy atom. The minimum Gasteiger partial charge on any atom is -0.313 e. The minimum atomic E-state index is -4.45. The van der Waals surface area contributed by atoms with E-state index in [0.29, 0.717) is 6.42 Å². The predicted molar refractivity (Wildman–Crippen MR) is 62.7 cm³/mol. The lowest BCUT2D eigenvalue weighted by Gasteiger charge is -2.20. The van der Waals surface area contributed by atoms with Crippen molar-refractivity contribution in [3.05, 3.63) is 35.1 Å². The van der Waals surface area contributed by atoms with E-state index in [1.165, 1.54) is 0 Å². The molecule has 1 atom stereocenters. The van der Waals surface area contributed by atoms with Gasteiger partial charge in [-0.15, -0.1) is 0 Å². The van der Waals surface area contributed by atoms with E-state index >= 15 is 0 Å². The monoisotopic (exact) mass is 263 g/mol. The lowest BCUT2D eigenvalue weighted by atomic mass is 9.95. The molecular weight excluding hydrogens is 246 g/mol. The highest BCUT2D eigenvalue weighted by atomic mass is 19.4. The zero-order valence-electron chi connectivity index (χ0n) is 10.6. The van der Waals surface area contributed by atoms with Crippen LogP contribution >= 0.6 is 0 Å². The number of hydrogen-bond donors (Lipinski definition) is 1. The van der Waals surface area contributed by atoms with Crippen molar-refractivity contribution < 1.29 is 17.6 Å². The van der Waals surface area contributed by atoms with Crippen molar-refractivity contribution in [1.29, 1.82) is 0 Å². The molecule has 1 aromatic carbocycles. The topological polar surface area (TPSA) is 12.0 Å². The second kappa shape index (κ2) is 5.69. The fourth-order valence-corrected chi connectivity index (χ4v) is 1.86. The average molecular weight is 263 g/mol. The first kappa shape index (κ1) is 15.0. The summed E-state index contributed by atoms with van der Waals surface area (Å²) < 4.78 is 51.4. The van der Waals surface area contributed by atoms with Crippen molar-refractivity contribution in [3.63, 3.8) is 0 Å². The number of alkyl halides is 3. The summed E-state index contributed by atoms with van der Waals surface area (Å²) in [5.74, 6) is -0.348. The van der Waals surface area contributed by atoms with Gasteiger partial charge in [0.1, 0.15) is 5.82 Å². The van der Waals surface area contributed by atoms with E-state index in [2.05, 4.69) is 5.32 Å². The summed E-state index contributed by atoms with van der Waals surface area (Å²) in [6.07, 6.45) is -3.87. The highest BCUT2D eigenvalue weighted by Gasteiger charge is 2.31. The number of rotatable bonds is 4. The summed E-state index contributed by atoms with van der Waals surface area (Å²) in [4.78, 5) is 0. The van der Waals surface area contributed by atoms with Crippen LogP contribution in [0.1, 0.15) is 37.4 Å². The van der Waals surface area contributed by atoms with Crippen LogP contribution in [0.4, 0.5) is 17.6 Å². The fraction of sp³-hybridized carbons (Fsp3) is 0.538. The van der Waals surface area contributed by atoms with Crippen LogP contribution in [0.2, 0.25) is 0 Å². The number of nitrogens with one attached hydrogen (secondary N) is 1. The van der Waals surface area contributed by atoms with E-state index < -0.39 is 23.6 Å². The Kier molecular flexibility index (Phi) is 4.73. The summed E-state index contributed by atoms with van der Waals surface area (Å²) in [6.45, 7) is 3.88. The number of hydrogen-bond acceptors (Lipinski definition) is 1. The van der Waals surface area contributed by atoms with Gasteiger partial charge in [-0.25, -0.2) is 4.39 Å². The number of halogens is 4. The number of benzene rings is 1. The molecule has 0 bridgehead atoms. The maximum atomic E-state index is 13.6. The summed E-state index contributed by atoms with van der Waals surface area (Å²) in [5, 5.41) is 2.86. The Bertz CT molecular complexity index is 398. The SMILES string of the molecule is CNC(CC(C)C)c1cc(C(F)(F)F)ccc1F. The molecule has 5 heteroatoms. The van der Waals surface area contributed by atoms with Gasteiger partial charge in [-0.1, -0.05) is 13.8 Å². The van der Waals surface area contributed by atoms with Crippen molar-refractivity contribution >= 4 is 0 Å². The zero-order chi connectivity index (χ0) is 13.9. The normalized spacial score (nSPS) is 14.0. The Hall–Kier alpha value is -1.10. The molecule has 0 fully saturated rings. The molecule has 0 aliphatic rings. The lowest BCUT2D eigenvalue weighted by molar-refractivity contribution is -0.137. The van der Waals surface area contributed by atoms with Gasteiger partial charge in [0, 0.05) is 11.6 Å². The van der Waals surface area contributed by atoms with Crippen LogP contribution in [0, 0.1) is 11.7 Å². The van der Waals surface area contributed by atoms with Gasteiger partial charge in [0.25, 0.3) is 0 Å². The first-order chi connectivity index (χ1) is 8.25. The van der Waals surface area contributed by atoms with Gasteiger partial charge in [-0.3, -0.25) is 0 Å². The van der Waals surface area contributed by atoms with E-state index in [1.807, 2.05) is 13.8 Å². The molecule has 1 N–H and O–H groups in total. The second-order valence-corrected chi connectivity index (χ2v) is 4.70. The smallest absolute Gasteiger partial charge is 0.313 e. The molecular formula is C13H17F4N. The van der Waals surface area contributed by atoms with Crippen molar-refractivity contribution in [2.75, 3.05) is 7.05 Å². The summed E-state index contributed by atoms with van der Waals surface area (Å²) in [5.41, 5.74) is -0.746. The van der Waals surface area contributed by atoms with Gasteiger partial charge in [0.05, 0.1) is 5.56 Å². The molecule has 0 radical (unpaired) electrons. The molecule has 18 heavy (non-hydrogen) atoms. The van der Waals surface area contributed by atoms with Gasteiger partial charge in [-0.05, 0) is 37.6 Å². The van der Waals surface area contributed by atoms with Gasteiger partial charge in [-0.2, -0.15) is 13.2 Å². The molecule has 0 aromatic heterocycles. The van der Waals surface area contributed by atoms with Crippen LogP contribution in [-0.2, 0) is 6.18 Å². The van der Waals surface area contributed by atoms with E-state index in [4.69, 9.17) is 0 Å². The van der Waals surface area contributed by atoms with E-state index in [0.717, 1.165) is 18.2 Å². The van der Waals surface area contributed by atoms with Crippen molar-refractivity contribution in [1.82, 2.24) is 5.32 Å². The van der Waals surface area contributed by atoms with Gasteiger partial charge in [0.2, 0.25) is 0 Å². The third-order valence-corrected chi connectivity index (χ3v) is 2.75. The molecule has 0 saturated carbocycles. The van der Waals surface area contributed by atoms with Crippen LogP contribution in [0.3, 0.4) is 0 Å². The van der Waals surface area contributed by atoms with Gasteiger partial charge < -0.3 is 5.32 Å². The van der Waals surface area contributed by atoms with Crippen molar-refractivity contribution in [3.8, 4) is 0 Å². The molecule has 0 amide bonds. The Morgan fingerprint density at radius 1 is 1.22 bits per heavy atom. The average Bonchev–Trinajstić information content (AvgIpc) is 2.25. The van der Waals surface area contributed by atoms with Gasteiger partial charge >= 0.3 is 6.18 Å². The third-order valence-electron chi connectivity index (χ3n) is 2.75. The van der Waals surface area contributed by atoms with Crippen molar-refractivity contribution in [2.45, 2.75) is 32.5 Å². The Balaban J connectivity index is 3.13. The summed E-state index contributed by atoms with van der Waals surface area (Å²) in [7, 11) is 1.62. The molecule has 1 unspecified atom stereocenters. The molecule has 0 aliphatic heterocycles. The zero-order valence-corrected chi connectivity index (χ0v) is 10.6. The Labute approximate surface area is 104 Å². The summed E-state index contributed by atoms with van der Waals surface area (Å²) in [6, 6.07) is 2.12. The third kappa shape index (κ3) is 3.70. The molecule has 0 saturated heterocycles. The maximum absolute atomic E-state index is 13.6. The van der Waals surface area contributed by atoms with E-state index in [-0.39, 0.29) is 11.5 Å². The van der Waals surface area contributed by atoms with Gasteiger partial charge in [0.15, 0.2) is 0 Å². The molecule has 0 heterocycles.